The molecule has 188 valence electrons. The van der Waals surface area contributed by atoms with Crippen LogP contribution in [0.4, 0.5) is 0 Å². The van der Waals surface area contributed by atoms with E-state index in [2.05, 4.69) is 6.92 Å². The number of allylic oxidation sites excluding steroid dienone is 4. The summed E-state index contributed by atoms with van der Waals surface area (Å²) in [6, 6.07) is 0. The van der Waals surface area contributed by atoms with Crippen LogP contribution in [0.3, 0.4) is 0 Å². The highest BCUT2D eigenvalue weighted by Gasteiger charge is 2.57. The Balaban J connectivity index is 1.46. The van der Waals surface area contributed by atoms with Crippen molar-refractivity contribution in [1.82, 2.24) is 0 Å². The van der Waals surface area contributed by atoms with Gasteiger partial charge in [0.05, 0.1) is 0 Å². The molecule has 0 aromatic rings. The maximum absolute atomic E-state index is 12.1. The van der Waals surface area contributed by atoms with Gasteiger partial charge in [0.2, 0.25) is 0 Å². The van der Waals surface area contributed by atoms with E-state index in [0.29, 0.717) is 36.4 Å². The second kappa shape index (κ2) is 11.4. The Kier molecular flexibility index (Phi) is 8.47. The average molecular weight is 469 g/mol. The number of fused-ring (bicyclic) bond motifs is 4. The maximum Gasteiger partial charge on any atom is 0.302 e. The summed E-state index contributed by atoms with van der Waals surface area (Å²) in [6.45, 7) is 3.96. The molecule has 0 heterocycles. The number of ketones is 1. The summed E-state index contributed by atoms with van der Waals surface area (Å²) in [7, 11) is 0. The molecule has 34 heavy (non-hydrogen) atoms. The van der Waals surface area contributed by atoms with Crippen LogP contribution in [0.15, 0.2) is 22.8 Å². The fourth-order valence-electron chi connectivity index (χ4n) is 7.94. The monoisotopic (exact) mass is 468 g/mol. The van der Waals surface area contributed by atoms with E-state index in [1.807, 2.05) is 6.08 Å². The number of hydrogen-bond donors (Lipinski definition) is 0. The minimum atomic E-state index is -0.139. The lowest BCUT2D eigenvalue weighted by Gasteiger charge is -2.52. The van der Waals surface area contributed by atoms with Gasteiger partial charge >= 0.3 is 5.97 Å². The zero-order valence-electron chi connectivity index (χ0n) is 21.4. The van der Waals surface area contributed by atoms with E-state index in [1.165, 1.54) is 56.1 Å². The Morgan fingerprint density at radius 2 is 1.76 bits per heavy atom. The molecule has 0 aromatic carbocycles. The summed E-state index contributed by atoms with van der Waals surface area (Å²) in [4.78, 5) is 34.4. The number of rotatable bonds is 11. The van der Waals surface area contributed by atoms with Gasteiger partial charge in [-0.05, 0) is 86.3 Å². The van der Waals surface area contributed by atoms with E-state index in [-0.39, 0.29) is 17.5 Å². The van der Waals surface area contributed by atoms with Gasteiger partial charge in [-0.2, -0.15) is 0 Å². The third-order valence-electron chi connectivity index (χ3n) is 9.43. The molecular formula is C30H44O4. The molecule has 2 fully saturated rings. The molecule has 4 aliphatic rings. The third-order valence-corrected chi connectivity index (χ3v) is 9.43. The molecule has 0 aliphatic heterocycles. The lowest BCUT2D eigenvalue weighted by Crippen LogP contribution is -2.46. The molecule has 4 heteroatoms. The van der Waals surface area contributed by atoms with E-state index >= 15 is 0 Å². The van der Waals surface area contributed by atoms with E-state index in [0.717, 1.165) is 51.2 Å². The van der Waals surface area contributed by atoms with Crippen molar-refractivity contribution in [3.8, 4) is 0 Å². The highest BCUT2D eigenvalue weighted by molar-refractivity contribution is 5.93. The number of carbonyl (C=O) groups is 3. The summed E-state index contributed by atoms with van der Waals surface area (Å²) in [5.74, 6) is 1.92. The molecule has 2 saturated carbocycles. The Morgan fingerprint density at radius 1 is 1.03 bits per heavy atom. The first-order valence-electron chi connectivity index (χ1n) is 14.0. The van der Waals surface area contributed by atoms with Crippen LogP contribution in [0, 0.1) is 23.2 Å². The summed E-state index contributed by atoms with van der Waals surface area (Å²) >= 11 is 0. The van der Waals surface area contributed by atoms with Gasteiger partial charge in [-0.25, -0.2) is 0 Å². The van der Waals surface area contributed by atoms with Crippen LogP contribution >= 0.6 is 0 Å². The Morgan fingerprint density at radius 3 is 2.50 bits per heavy atom. The van der Waals surface area contributed by atoms with Gasteiger partial charge in [-0.1, -0.05) is 51.0 Å². The van der Waals surface area contributed by atoms with E-state index in [4.69, 9.17) is 4.74 Å². The molecular weight excluding hydrogens is 424 g/mol. The van der Waals surface area contributed by atoms with Crippen LogP contribution in [0.1, 0.15) is 117 Å². The number of esters is 1. The van der Waals surface area contributed by atoms with Crippen LogP contribution in [0.25, 0.3) is 0 Å². The van der Waals surface area contributed by atoms with Gasteiger partial charge < -0.3 is 9.53 Å². The first kappa shape index (κ1) is 25.4. The smallest absolute Gasteiger partial charge is 0.302 e. The molecule has 0 N–H and O–H groups in total. The van der Waals surface area contributed by atoms with Crippen molar-refractivity contribution in [2.24, 2.45) is 23.2 Å². The average Bonchev–Trinajstić information content (AvgIpc) is 3.12. The van der Waals surface area contributed by atoms with Crippen molar-refractivity contribution in [3.05, 3.63) is 22.8 Å². The summed E-state index contributed by atoms with van der Waals surface area (Å²) in [5, 5.41) is 0. The third kappa shape index (κ3) is 5.41. The molecule has 4 nitrogen and oxygen atoms in total. The Hall–Kier alpha value is -1.71. The minimum absolute atomic E-state index is 0.0558. The van der Waals surface area contributed by atoms with E-state index in [9.17, 15) is 14.4 Å². The molecule has 0 radical (unpaired) electrons. The number of ether oxygens (including phenoxy) is 1. The molecule has 4 aliphatic carbocycles. The van der Waals surface area contributed by atoms with Crippen molar-refractivity contribution in [1.29, 1.82) is 0 Å². The lowest BCUT2D eigenvalue weighted by atomic mass is 9.53. The van der Waals surface area contributed by atoms with Crippen LogP contribution in [-0.2, 0) is 19.1 Å². The number of unbranched alkanes of at least 4 members (excludes halogenated alkanes) is 7. The van der Waals surface area contributed by atoms with Crippen LogP contribution in [0.5, 0.6) is 0 Å². The zero-order valence-corrected chi connectivity index (χ0v) is 21.4. The summed E-state index contributed by atoms with van der Waals surface area (Å²) in [6.07, 6.45) is 20.5. The first-order chi connectivity index (χ1) is 16.4. The van der Waals surface area contributed by atoms with Gasteiger partial charge in [0.1, 0.15) is 12.4 Å². The van der Waals surface area contributed by atoms with Crippen molar-refractivity contribution >= 4 is 18.0 Å². The summed E-state index contributed by atoms with van der Waals surface area (Å²) in [5.41, 5.74) is 4.65. The fourth-order valence-corrected chi connectivity index (χ4v) is 7.94. The minimum Gasteiger partial charge on any atom is -0.462 e. The molecule has 0 spiro atoms. The predicted octanol–water partition coefficient (Wildman–Crippen LogP) is 7.06. The maximum atomic E-state index is 12.1. The Labute approximate surface area is 206 Å². The topological polar surface area (TPSA) is 60.4 Å². The molecule has 2 unspecified atom stereocenters. The highest BCUT2D eigenvalue weighted by Crippen LogP contribution is 2.63. The SMILES string of the molecule is CC(=O)O[C@H]1CCC2C3CCC4=CC(=O)CCC4=C3[C@@H](CCCCCCCCCC=O)C[C@@]21C. The van der Waals surface area contributed by atoms with Crippen molar-refractivity contribution in [2.75, 3.05) is 0 Å². The molecule has 0 saturated heterocycles. The summed E-state index contributed by atoms with van der Waals surface area (Å²) < 4.78 is 5.90. The number of aldehydes is 1. The van der Waals surface area contributed by atoms with Crippen LogP contribution in [-0.4, -0.2) is 24.1 Å². The molecule has 0 bridgehead atoms. The molecule has 0 aromatic heterocycles. The van der Waals surface area contributed by atoms with Crippen molar-refractivity contribution in [2.45, 2.75) is 123 Å². The van der Waals surface area contributed by atoms with Gasteiger partial charge in [0, 0.05) is 25.2 Å². The van der Waals surface area contributed by atoms with Gasteiger partial charge in [0.15, 0.2) is 5.78 Å². The molecule has 0 amide bonds. The normalized spacial score (nSPS) is 32.5. The quantitative estimate of drug-likeness (QED) is 0.185. The molecule has 5 atom stereocenters. The van der Waals surface area contributed by atoms with E-state index in [1.54, 1.807) is 12.5 Å². The number of hydrogen-bond acceptors (Lipinski definition) is 4. The predicted molar refractivity (Wildman–Crippen MR) is 134 cm³/mol. The second-order valence-corrected chi connectivity index (χ2v) is 11.6. The zero-order chi connectivity index (χ0) is 24.1. The second-order valence-electron chi connectivity index (χ2n) is 11.6. The van der Waals surface area contributed by atoms with Crippen LogP contribution < -0.4 is 0 Å². The van der Waals surface area contributed by atoms with Crippen molar-refractivity contribution < 1.29 is 19.1 Å². The lowest BCUT2D eigenvalue weighted by molar-refractivity contribution is -0.154. The van der Waals surface area contributed by atoms with E-state index < -0.39 is 0 Å². The number of carbonyl (C=O) groups excluding carboxylic acids is 3. The first-order valence-corrected chi connectivity index (χ1v) is 14.0. The fraction of sp³-hybridized carbons (Fsp3) is 0.767. The largest absolute Gasteiger partial charge is 0.462 e. The molecule has 4 rings (SSSR count). The van der Waals surface area contributed by atoms with Gasteiger partial charge in [-0.15, -0.1) is 0 Å². The van der Waals surface area contributed by atoms with Crippen molar-refractivity contribution in [3.63, 3.8) is 0 Å². The van der Waals surface area contributed by atoms with Gasteiger partial charge in [0.25, 0.3) is 0 Å². The highest BCUT2D eigenvalue weighted by atomic mass is 16.5. The Bertz CT molecular complexity index is 837. The van der Waals surface area contributed by atoms with Gasteiger partial charge in [-0.3, -0.25) is 9.59 Å². The van der Waals surface area contributed by atoms with Crippen LogP contribution in [0.2, 0.25) is 0 Å². The standard InChI is InChI=1S/C30H44O4/c1-21(32)34-28-17-16-27-26-14-12-22-19-24(33)13-15-25(22)29(26)23(20-30(27,28)2)11-9-7-5-3-4-6-8-10-18-31/h18-19,23,26-28H,3-17,20H2,1-2H3/t23-,26?,27?,28-,30-/m0/s1.